The van der Waals surface area contributed by atoms with Crippen molar-refractivity contribution in [1.29, 1.82) is 0 Å². The number of carbonyl (C=O) groups is 1. The number of benzene rings is 2. The van der Waals surface area contributed by atoms with E-state index < -0.39 is 0 Å². The van der Waals surface area contributed by atoms with Crippen molar-refractivity contribution in [3.05, 3.63) is 65.4 Å². The lowest BCUT2D eigenvalue weighted by molar-refractivity contribution is -0.121. The van der Waals surface area contributed by atoms with Crippen molar-refractivity contribution in [3.8, 4) is 5.69 Å². The molecule has 4 rings (SSSR count). The molecule has 144 valence electrons. The maximum atomic E-state index is 12.5. The zero-order valence-corrected chi connectivity index (χ0v) is 16.3. The van der Waals surface area contributed by atoms with Gasteiger partial charge in [-0.05, 0) is 59.8 Å². The van der Waals surface area contributed by atoms with Gasteiger partial charge in [0.15, 0.2) is 0 Å². The van der Waals surface area contributed by atoms with Crippen LogP contribution in [0, 0.1) is 10.7 Å². The number of tetrazole rings is 1. The normalized spacial score (nSPS) is 15.4. The molecular formula is C20H22N6OS. The average molecular weight is 395 g/mol. The number of nitrogens with one attached hydrogen (secondary N) is 1. The number of carbonyl (C=O) groups excluding carboxylic acids is 1. The minimum atomic E-state index is 0.0319. The van der Waals surface area contributed by atoms with Crippen molar-refractivity contribution in [2.24, 2.45) is 5.92 Å². The minimum Gasteiger partial charge on any atom is -0.326 e. The van der Waals surface area contributed by atoms with E-state index in [1.54, 1.807) is 9.36 Å². The molecule has 2 heterocycles. The highest BCUT2D eigenvalue weighted by Crippen LogP contribution is 2.20. The lowest BCUT2D eigenvalue weighted by Crippen LogP contribution is -2.39. The second-order valence-corrected chi connectivity index (χ2v) is 7.26. The third-order valence-electron chi connectivity index (χ3n) is 4.97. The molecule has 1 fully saturated rings. The molecule has 0 aliphatic carbocycles. The Hall–Kier alpha value is -2.84. The van der Waals surface area contributed by atoms with E-state index in [0.29, 0.717) is 11.4 Å². The van der Waals surface area contributed by atoms with Crippen molar-refractivity contribution in [3.63, 3.8) is 0 Å². The number of hydrogen-bond donors (Lipinski definition) is 1. The molecule has 28 heavy (non-hydrogen) atoms. The summed E-state index contributed by atoms with van der Waals surface area (Å²) in [6.07, 6.45) is 1.64. The molecule has 1 aromatic heterocycles. The van der Waals surface area contributed by atoms with Crippen LogP contribution in [0.1, 0.15) is 12.8 Å². The number of anilines is 1. The molecular weight excluding hydrogens is 372 g/mol. The van der Waals surface area contributed by atoms with Crippen LogP contribution in [0.5, 0.6) is 0 Å². The maximum absolute atomic E-state index is 12.5. The number of aromatic nitrogens is 4. The summed E-state index contributed by atoms with van der Waals surface area (Å²) in [4.78, 5) is 14.7. The van der Waals surface area contributed by atoms with E-state index in [4.69, 9.17) is 12.2 Å². The van der Waals surface area contributed by atoms with Gasteiger partial charge >= 0.3 is 0 Å². The maximum Gasteiger partial charge on any atom is 0.227 e. The Morgan fingerprint density at radius 1 is 1.00 bits per heavy atom. The van der Waals surface area contributed by atoms with Gasteiger partial charge in [0.2, 0.25) is 10.7 Å². The first kappa shape index (κ1) is 18.5. The van der Waals surface area contributed by atoms with Gasteiger partial charge in [0, 0.05) is 24.7 Å². The van der Waals surface area contributed by atoms with E-state index in [1.165, 1.54) is 0 Å². The van der Waals surface area contributed by atoms with Crippen LogP contribution in [0.4, 0.5) is 5.69 Å². The summed E-state index contributed by atoms with van der Waals surface area (Å²) in [5, 5.41) is 11.4. The van der Waals surface area contributed by atoms with Gasteiger partial charge in [0.05, 0.1) is 12.4 Å². The minimum absolute atomic E-state index is 0.0319. The fourth-order valence-electron chi connectivity index (χ4n) is 3.39. The third kappa shape index (κ3) is 4.18. The fraction of sp³-hybridized carbons (Fsp3) is 0.300. The van der Waals surface area contributed by atoms with E-state index in [-0.39, 0.29) is 11.8 Å². The van der Waals surface area contributed by atoms with Gasteiger partial charge in [0.1, 0.15) is 0 Å². The highest BCUT2D eigenvalue weighted by atomic mass is 32.1. The van der Waals surface area contributed by atoms with Crippen LogP contribution >= 0.6 is 12.2 Å². The van der Waals surface area contributed by atoms with Gasteiger partial charge in [0.25, 0.3) is 0 Å². The van der Waals surface area contributed by atoms with Crippen molar-refractivity contribution < 1.29 is 4.79 Å². The van der Waals surface area contributed by atoms with Crippen molar-refractivity contribution in [2.75, 3.05) is 18.4 Å². The Morgan fingerprint density at radius 2 is 1.64 bits per heavy atom. The first-order chi connectivity index (χ1) is 13.7. The van der Waals surface area contributed by atoms with Gasteiger partial charge in [-0.25, -0.2) is 4.68 Å². The highest BCUT2D eigenvalue weighted by molar-refractivity contribution is 7.71. The highest BCUT2D eigenvalue weighted by Gasteiger charge is 2.25. The zero-order valence-electron chi connectivity index (χ0n) is 15.4. The van der Waals surface area contributed by atoms with Crippen LogP contribution in [0.25, 0.3) is 5.69 Å². The first-order valence-corrected chi connectivity index (χ1v) is 9.78. The lowest BCUT2D eigenvalue weighted by Gasteiger charge is -2.30. The molecule has 1 N–H and O–H groups in total. The summed E-state index contributed by atoms with van der Waals surface area (Å²) in [5.74, 6) is 0.127. The molecule has 0 saturated carbocycles. The number of likely N-dealkylation sites (tertiary alicyclic amines) is 1. The van der Waals surface area contributed by atoms with Crippen molar-refractivity contribution in [1.82, 2.24) is 24.7 Å². The number of para-hydroxylation sites is 2. The van der Waals surface area contributed by atoms with Crippen LogP contribution in [0.2, 0.25) is 0 Å². The molecule has 0 bridgehead atoms. The molecule has 0 radical (unpaired) electrons. The van der Waals surface area contributed by atoms with E-state index in [0.717, 1.165) is 37.3 Å². The molecule has 1 aliphatic rings. The number of rotatable bonds is 5. The molecule has 1 saturated heterocycles. The van der Waals surface area contributed by atoms with Crippen LogP contribution < -0.4 is 5.32 Å². The quantitative estimate of drug-likeness (QED) is 0.674. The molecule has 2 aromatic carbocycles. The number of piperidine rings is 1. The molecule has 1 amide bonds. The summed E-state index contributed by atoms with van der Waals surface area (Å²) >= 11 is 5.52. The van der Waals surface area contributed by atoms with E-state index in [2.05, 4.69) is 20.6 Å². The Kier molecular flexibility index (Phi) is 5.59. The molecule has 0 unspecified atom stereocenters. The Balaban J connectivity index is 1.33. The molecule has 7 nitrogen and oxygen atoms in total. The van der Waals surface area contributed by atoms with Crippen LogP contribution in [-0.2, 0) is 11.5 Å². The topological polar surface area (TPSA) is 68.0 Å². The zero-order chi connectivity index (χ0) is 19.3. The predicted octanol–water partition coefficient (Wildman–Crippen LogP) is 3.11. The standard InChI is InChI=1S/C20H22N6OS/c27-19(21-17-7-3-1-4-8-17)16-11-13-24(14-12-16)15-25-20(28)26(23-22-25)18-9-5-2-6-10-18/h1-10,16H,11-15H2,(H,21,27). The molecule has 1 aliphatic heterocycles. The van der Waals surface area contributed by atoms with E-state index in [9.17, 15) is 4.79 Å². The number of hydrogen-bond acceptors (Lipinski definition) is 5. The molecule has 8 heteroatoms. The van der Waals surface area contributed by atoms with Crippen molar-refractivity contribution >= 4 is 23.8 Å². The smallest absolute Gasteiger partial charge is 0.227 e. The lowest BCUT2D eigenvalue weighted by atomic mass is 9.96. The van der Waals surface area contributed by atoms with Gasteiger partial charge in [-0.15, -0.1) is 0 Å². The van der Waals surface area contributed by atoms with Crippen LogP contribution in [0.3, 0.4) is 0 Å². The fourth-order valence-corrected chi connectivity index (χ4v) is 3.62. The Morgan fingerprint density at radius 3 is 2.32 bits per heavy atom. The Labute approximate surface area is 168 Å². The number of nitrogens with zero attached hydrogens (tertiary/aromatic N) is 5. The average Bonchev–Trinajstić information content (AvgIpc) is 3.10. The summed E-state index contributed by atoms with van der Waals surface area (Å²) in [6.45, 7) is 2.23. The van der Waals surface area contributed by atoms with Crippen molar-refractivity contribution in [2.45, 2.75) is 19.5 Å². The second-order valence-electron chi connectivity index (χ2n) is 6.90. The van der Waals surface area contributed by atoms with Gasteiger partial charge in [-0.1, -0.05) is 36.4 Å². The van der Waals surface area contributed by atoms with E-state index in [1.807, 2.05) is 60.7 Å². The molecule has 3 aromatic rings. The summed E-state index contributed by atoms with van der Waals surface area (Å²) in [7, 11) is 0. The number of amides is 1. The van der Waals surface area contributed by atoms with E-state index >= 15 is 0 Å². The van der Waals surface area contributed by atoms with Gasteiger partial charge in [-0.2, -0.15) is 4.68 Å². The first-order valence-electron chi connectivity index (χ1n) is 9.37. The second kappa shape index (κ2) is 8.45. The van der Waals surface area contributed by atoms with Crippen LogP contribution in [-0.4, -0.2) is 43.7 Å². The monoisotopic (exact) mass is 394 g/mol. The van der Waals surface area contributed by atoms with Crippen LogP contribution in [0.15, 0.2) is 60.7 Å². The molecule has 0 atom stereocenters. The van der Waals surface area contributed by atoms with Gasteiger partial charge in [-0.3, -0.25) is 9.69 Å². The SMILES string of the molecule is O=C(Nc1ccccc1)C1CCN(Cn2nnn(-c3ccccc3)c2=S)CC1. The Bertz CT molecular complexity index is 977. The largest absolute Gasteiger partial charge is 0.326 e. The predicted molar refractivity (Wildman–Crippen MR) is 110 cm³/mol. The summed E-state index contributed by atoms with van der Waals surface area (Å²) in [6, 6.07) is 19.3. The summed E-state index contributed by atoms with van der Waals surface area (Å²) < 4.78 is 3.96. The van der Waals surface area contributed by atoms with Gasteiger partial charge < -0.3 is 5.32 Å². The molecule has 0 spiro atoms. The third-order valence-corrected chi connectivity index (χ3v) is 5.36. The summed E-state index contributed by atoms with van der Waals surface area (Å²) in [5.41, 5.74) is 1.74.